The van der Waals surface area contributed by atoms with Gasteiger partial charge in [0, 0.05) is 10.0 Å². The van der Waals surface area contributed by atoms with Gasteiger partial charge in [-0.2, -0.15) is 0 Å². The highest BCUT2D eigenvalue weighted by Crippen LogP contribution is 2.36. The fraction of sp³-hybridized carbons (Fsp3) is 0.455. The molecule has 0 radical (unpaired) electrons. The minimum absolute atomic E-state index is 0. The third-order valence-corrected chi connectivity index (χ3v) is 3.39. The molecule has 0 saturated heterocycles. The third kappa shape index (κ3) is 2.30. The van der Waals surface area contributed by atoms with Gasteiger partial charge in [0.05, 0.1) is 0 Å². The molecule has 1 saturated carbocycles. The van der Waals surface area contributed by atoms with Gasteiger partial charge in [0.15, 0.2) is 0 Å². The molecule has 14 heavy (non-hydrogen) atoms. The fourth-order valence-corrected chi connectivity index (χ4v) is 2.49. The van der Waals surface area contributed by atoms with Crippen LogP contribution in [-0.4, -0.2) is 0 Å². The summed E-state index contributed by atoms with van der Waals surface area (Å²) in [4.78, 5) is 0. The molecular formula is C11H15BrClN. The zero-order valence-electron chi connectivity index (χ0n) is 8.00. The van der Waals surface area contributed by atoms with Crippen LogP contribution in [0.4, 0.5) is 0 Å². The minimum atomic E-state index is -0.0518. The summed E-state index contributed by atoms with van der Waals surface area (Å²) in [5.74, 6) is 0. The molecule has 0 aliphatic heterocycles. The topological polar surface area (TPSA) is 26.0 Å². The quantitative estimate of drug-likeness (QED) is 0.833. The summed E-state index contributed by atoms with van der Waals surface area (Å²) in [5, 5.41) is 0. The Morgan fingerprint density at radius 3 is 2.43 bits per heavy atom. The first-order valence-electron chi connectivity index (χ1n) is 4.76. The Hall–Kier alpha value is -0.0500. The molecule has 1 aliphatic rings. The molecule has 0 atom stereocenters. The van der Waals surface area contributed by atoms with E-state index in [1.165, 1.54) is 18.4 Å². The molecule has 1 aromatic carbocycles. The van der Waals surface area contributed by atoms with Crippen LogP contribution in [0.15, 0.2) is 28.7 Å². The first-order valence-corrected chi connectivity index (χ1v) is 5.55. The van der Waals surface area contributed by atoms with Crippen LogP contribution < -0.4 is 5.73 Å². The van der Waals surface area contributed by atoms with Crippen LogP contribution in [0.2, 0.25) is 0 Å². The van der Waals surface area contributed by atoms with E-state index < -0.39 is 0 Å². The van der Waals surface area contributed by atoms with Gasteiger partial charge >= 0.3 is 0 Å². The molecular weight excluding hydrogens is 261 g/mol. The monoisotopic (exact) mass is 275 g/mol. The minimum Gasteiger partial charge on any atom is -0.321 e. The second-order valence-electron chi connectivity index (χ2n) is 3.87. The summed E-state index contributed by atoms with van der Waals surface area (Å²) in [5.41, 5.74) is 7.55. The first-order chi connectivity index (χ1) is 6.21. The van der Waals surface area contributed by atoms with Crippen molar-refractivity contribution in [2.45, 2.75) is 31.2 Å². The lowest BCUT2D eigenvalue weighted by atomic mass is 9.90. The predicted octanol–water partition coefficient (Wildman–Crippen LogP) is 3.60. The van der Waals surface area contributed by atoms with Gasteiger partial charge < -0.3 is 5.73 Å². The van der Waals surface area contributed by atoms with E-state index >= 15 is 0 Å². The average Bonchev–Trinajstić information content (AvgIpc) is 2.54. The average molecular weight is 277 g/mol. The van der Waals surface area contributed by atoms with Gasteiger partial charge in [-0.3, -0.25) is 0 Å². The number of benzene rings is 1. The van der Waals surface area contributed by atoms with Gasteiger partial charge in [-0.05, 0) is 30.5 Å². The van der Waals surface area contributed by atoms with Crippen molar-refractivity contribution in [3.05, 3.63) is 34.3 Å². The first kappa shape index (κ1) is 12.0. The Bertz CT molecular complexity index is 308. The maximum atomic E-state index is 6.33. The molecule has 0 amide bonds. The van der Waals surface area contributed by atoms with E-state index in [0.29, 0.717) is 0 Å². The number of hydrogen-bond acceptors (Lipinski definition) is 1. The van der Waals surface area contributed by atoms with Crippen LogP contribution in [0.1, 0.15) is 31.2 Å². The summed E-state index contributed by atoms with van der Waals surface area (Å²) in [6.07, 6.45) is 4.79. The van der Waals surface area contributed by atoms with Crippen molar-refractivity contribution in [1.29, 1.82) is 0 Å². The summed E-state index contributed by atoms with van der Waals surface area (Å²) in [6.45, 7) is 0. The normalized spacial score (nSPS) is 19.0. The highest BCUT2D eigenvalue weighted by molar-refractivity contribution is 9.10. The molecule has 1 aromatic rings. The van der Waals surface area contributed by atoms with Crippen LogP contribution in [0.3, 0.4) is 0 Å². The Balaban J connectivity index is 0.000000980. The van der Waals surface area contributed by atoms with Crippen LogP contribution in [-0.2, 0) is 5.54 Å². The molecule has 1 nitrogen and oxygen atoms in total. The maximum Gasteiger partial charge on any atom is 0.0410 e. The fourth-order valence-electron chi connectivity index (χ4n) is 2.09. The lowest BCUT2D eigenvalue weighted by molar-refractivity contribution is 0.461. The van der Waals surface area contributed by atoms with Crippen molar-refractivity contribution in [3.8, 4) is 0 Å². The van der Waals surface area contributed by atoms with Crippen LogP contribution in [0.5, 0.6) is 0 Å². The number of halogens is 2. The van der Waals surface area contributed by atoms with Crippen LogP contribution in [0.25, 0.3) is 0 Å². The van der Waals surface area contributed by atoms with E-state index in [0.717, 1.165) is 17.3 Å². The lowest BCUT2D eigenvalue weighted by Crippen LogP contribution is -2.32. The van der Waals surface area contributed by atoms with Gasteiger partial charge in [0.1, 0.15) is 0 Å². The summed E-state index contributed by atoms with van der Waals surface area (Å²) >= 11 is 3.48. The molecule has 78 valence electrons. The molecule has 0 bridgehead atoms. The Kier molecular flexibility index (Phi) is 3.99. The smallest absolute Gasteiger partial charge is 0.0410 e. The molecule has 1 fully saturated rings. The van der Waals surface area contributed by atoms with Gasteiger partial charge in [0.25, 0.3) is 0 Å². The molecule has 0 heterocycles. The summed E-state index contributed by atoms with van der Waals surface area (Å²) in [6, 6.07) is 8.38. The van der Waals surface area contributed by atoms with Crippen molar-refractivity contribution < 1.29 is 0 Å². The van der Waals surface area contributed by atoms with E-state index in [1.54, 1.807) is 0 Å². The summed E-state index contributed by atoms with van der Waals surface area (Å²) < 4.78 is 1.13. The lowest BCUT2D eigenvalue weighted by Gasteiger charge is -2.24. The molecule has 1 aliphatic carbocycles. The van der Waals surface area contributed by atoms with Crippen molar-refractivity contribution in [3.63, 3.8) is 0 Å². The molecule has 3 heteroatoms. The van der Waals surface area contributed by atoms with E-state index in [1.807, 2.05) is 6.07 Å². The predicted molar refractivity (Wildman–Crippen MR) is 65.7 cm³/mol. The molecule has 0 spiro atoms. The van der Waals surface area contributed by atoms with Gasteiger partial charge in [0.2, 0.25) is 0 Å². The highest BCUT2D eigenvalue weighted by atomic mass is 79.9. The second kappa shape index (κ2) is 4.65. The molecule has 0 aromatic heterocycles. The molecule has 0 unspecified atom stereocenters. The summed E-state index contributed by atoms with van der Waals surface area (Å²) in [7, 11) is 0. The standard InChI is InChI=1S/C11H14BrN.ClH/c12-10-5-3-4-9(8-10)11(13)6-1-2-7-11;/h3-5,8H,1-2,6-7,13H2;1H. The van der Waals surface area contributed by atoms with Gasteiger partial charge in [-0.1, -0.05) is 40.9 Å². The van der Waals surface area contributed by atoms with Crippen molar-refractivity contribution >= 4 is 28.3 Å². The van der Waals surface area contributed by atoms with Crippen molar-refractivity contribution in [1.82, 2.24) is 0 Å². The molecule has 2 N–H and O–H groups in total. The Morgan fingerprint density at radius 1 is 1.21 bits per heavy atom. The van der Waals surface area contributed by atoms with E-state index in [-0.39, 0.29) is 17.9 Å². The second-order valence-corrected chi connectivity index (χ2v) is 4.79. The maximum absolute atomic E-state index is 6.33. The largest absolute Gasteiger partial charge is 0.321 e. The van der Waals surface area contributed by atoms with Gasteiger partial charge in [-0.25, -0.2) is 0 Å². The number of hydrogen-bond donors (Lipinski definition) is 1. The van der Waals surface area contributed by atoms with E-state index in [9.17, 15) is 0 Å². The van der Waals surface area contributed by atoms with E-state index in [2.05, 4.69) is 34.1 Å². The zero-order chi connectivity index (χ0) is 9.31. The van der Waals surface area contributed by atoms with Crippen molar-refractivity contribution in [2.75, 3.05) is 0 Å². The third-order valence-electron chi connectivity index (χ3n) is 2.90. The Morgan fingerprint density at radius 2 is 1.86 bits per heavy atom. The van der Waals surface area contributed by atoms with Crippen LogP contribution in [0, 0.1) is 0 Å². The Labute approximate surface area is 99.6 Å². The van der Waals surface area contributed by atoms with Crippen molar-refractivity contribution in [2.24, 2.45) is 5.73 Å². The number of nitrogens with two attached hydrogens (primary N) is 1. The van der Waals surface area contributed by atoms with Crippen LogP contribution >= 0.6 is 28.3 Å². The highest BCUT2D eigenvalue weighted by Gasteiger charge is 2.30. The zero-order valence-corrected chi connectivity index (χ0v) is 10.4. The van der Waals surface area contributed by atoms with Gasteiger partial charge in [-0.15, -0.1) is 12.4 Å². The van der Waals surface area contributed by atoms with E-state index in [4.69, 9.17) is 5.73 Å². The number of rotatable bonds is 1. The SMILES string of the molecule is Cl.NC1(c2cccc(Br)c2)CCCC1. The molecule has 2 rings (SSSR count).